The molecule has 3 nitrogen and oxygen atoms in total. The van der Waals surface area contributed by atoms with Crippen LogP contribution in [0.3, 0.4) is 0 Å². The largest absolute Gasteiger partial charge is 0.468 e. The van der Waals surface area contributed by atoms with E-state index in [0.717, 1.165) is 19.3 Å². The first-order valence-electron chi connectivity index (χ1n) is 4.82. The SMILES string of the molecule is CCCC1CCC(C(=O)OC)C1=O. The molecule has 0 radical (unpaired) electrons. The topological polar surface area (TPSA) is 43.4 Å². The Morgan fingerprint density at radius 1 is 1.54 bits per heavy atom. The average molecular weight is 184 g/mol. The number of esters is 1. The lowest BCUT2D eigenvalue weighted by Gasteiger charge is -2.07. The van der Waals surface area contributed by atoms with Gasteiger partial charge in [-0.3, -0.25) is 9.59 Å². The Hall–Kier alpha value is -0.860. The molecule has 1 saturated carbocycles. The highest BCUT2D eigenvalue weighted by molar-refractivity contribution is 6.01. The second-order valence-electron chi connectivity index (χ2n) is 3.54. The monoisotopic (exact) mass is 184 g/mol. The van der Waals surface area contributed by atoms with E-state index in [4.69, 9.17) is 0 Å². The van der Waals surface area contributed by atoms with Crippen LogP contribution >= 0.6 is 0 Å². The van der Waals surface area contributed by atoms with Gasteiger partial charge in [0.05, 0.1) is 7.11 Å². The highest BCUT2D eigenvalue weighted by atomic mass is 16.5. The number of hydrogen-bond acceptors (Lipinski definition) is 3. The zero-order valence-electron chi connectivity index (χ0n) is 8.21. The Labute approximate surface area is 78.5 Å². The molecule has 0 aliphatic heterocycles. The number of rotatable bonds is 3. The third kappa shape index (κ3) is 2.08. The fraction of sp³-hybridized carbons (Fsp3) is 0.800. The van der Waals surface area contributed by atoms with Gasteiger partial charge in [0.25, 0.3) is 0 Å². The average Bonchev–Trinajstić information content (AvgIpc) is 2.48. The normalized spacial score (nSPS) is 27.7. The van der Waals surface area contributed by atoms with Crippen molar-refractivity contribution >= 4 is 11.8 Å². The lowest BCUT2D eigenvalue weighted by atomic mass is 9.99. The summed E-state index contributed by atoms with van der Waals surface area (Å²) in [5.41, 5.74) is 0. The van der Waals surface area contributed by atoms with E-state index >= 15 is 0 Å². The number of ketones is 1. The zero-order valence-corrected chi connectivity index (χ0v) is 8.21. The Morgan fingerprint density at radius 2 is 2.23 bits per heavy atom. The number of methoxy groups -OCH3 is 1. The summed E-state index contributed by atoms with van der Waals surface area (Å²) >= 11 is 0. The summed E-state index contributed by atoms with van der Waals surface area (Å²) in [6.07, 6.45) is 3.44. The molecule has 0 bridgehead atoms. The summed E-state index contributed by atoms with van der Waals surface area (Å²) in [4.78, 5) is 22.7. The van der Waals surface area contributed by atoms with E-state index < -0.39 is 5.92 Å². The second kappa shape index (κ2) is 4.40. The van der Waals surface area contributed by atoms with Gasteiger partial charge >= 0.3 is 5.97 Å². The van der Waals surface area contributed by atoms with Crippen molar-refractivity contribution in [2.24, 2.45) is 11.8 Å². The molecule has 13 heavy (non-hydrogen) atoms. The number of carbonyl (C=O) groups is 2. The molecule has 0 saturated heterocycles. The molecule has 0 aromatic carbocycles. The zero-order chi connectivity index (χ0) is 9.84. The quantitative estimate of drug-likeness (QED) is 0.493. The molecule has 74 valence electrons. The lowest BCUT2D eigenvalue weighted by molar-refractivity contribution is -0.148. The molecule has 0 spiro atoms. The van der Waals surface area contributed by atoms with Gasteiger partial charge in [0.15, 0.2) is 0 Å². The van der Waals surface area contributed by atoms with Crippen LogP contribution in [0.15, 0.2) is 0 Å². The molecule has 0 aromatic heterocycles. The van der Waals surface area contributed by atoms with Crippen LogP contribution in [-0.4, -0.2) is 18.9 Å². The first-order chi connectivity index (χ1) is 6.20. The van der Waals surface area contributed by atoms with Crippen molar-refractivity contribution in [2.45, 2.75) is 32.6 Å². The first-order valence-corrected chi connectivity index (χ1v) is 4.82. The molecular formula is C10H16O3. The smallest absolute Gasteiger partial charge is 0.316 e. The summed E-state index contributed by atoms with van der Waals surface area (Å²) in [6.45, 7) is 2.05. The molecule has 1 fully saturated rings. The van der Waals surface area contributed by atoms with Crippen molar-refractivity contribution in [1.29, 1.82) is 0 Å². The Bertz CT molecular complexity index is 210. The van der Waals surface area contributed by atoms with Crippen molar-refractivity contribution in [3.05, 3.63) is 0 Å². The van der Waals surface area contributed by atoms with Crippen molar-refractivity contribution in [3.63, 3.8) is 0 Å². The molecule has 0 aromatic rings. The minimum absolute atomic E-state index is 0.0914. The minimum Gasteiger partial charge on any atom is -0.468 e. The van der Waals surface area contributed by atoms with Crippen LogP contribution in [0.4, 0.5) is 0 Å². The van der Waals surface area contributed by atoms with E-state index in [0.29, 0.717) is 6.42 Å². The highest BCUT2D eigenvalue weighted by Crippen LogP contribution is 2.30. The fourth-order valence-electron chi connectivity index (χ4n) is 1.95. The molecule has 1 aliphatic rings. The third-order valence-electron chi connectivity index (χ3n) is 2.67. The van der Waals surface area contributed by atoms with E-state index in [1.807, 2.05) is 0 Å². The third-order valence-corrected chi connectivity index (χ3v) is 2.67. The first kappa shape index (κ1) is 10.2. The van der Waals surface area contributed by atoms with Crippen LogP contribution in [0.1, 0.15) is 32.6 Å². The van der Waals surface area contributed by atoms with Gasteiger partial charge in [-0.1, -0.05) is 13.3 Å². The number of hydrogen-bond donors (Lipinski definition) is 0. The Balaban J connectivity index is 2.54. The molecule has 0 N–H and O–H groups in total. The predicted molar refractivity (Wildman–Crippen MR) is 48.1 cm³/mol. The standard InChI is InChI=1S/C10H16O3/c1-3-4-7-5-6-8(9(7)11)10(12)13-2/h7-8H,3-6H2,1-2H3. The molecule has 2 atom stereocenters. The molecule has 0 heterocycles. The van der Waals surface area contributed by atoms with Gasteiger partial charge in [0.2, 0.25) is 0 Å². The van der Waals surface area contributed by atoms with Crippen LogP contribution in [0.2, 0.25) is 0 Å². The van der Waals surface area contributed by atoms with E-state index in [2.05, 4.69) is 11.7 Å². The van der Waals surface area contributed by atoms with Crippen molar-refractivity contribution in [2.75, 3.05) is 7.11 Å². The van der Waals surface area contributed by atoms with Gasteiger partial charge < -0.3 is 4.74 Å². The Morgan fingerprint density at radius 3 is 2.77 bits per heavy atom. The number of Topliss-reactive ketones (excluding diaryl/α,β-unsaturated/α-hetero) is 1. The molecule has 2 unspecified atom stereocenters. The van der Waals surface area contributed by atoms with Crippen LogP contribution in [0, 0.1) is 11.8 Å². The summed E-state index contributed by atoms with van der Waals surface area (Å²) in [5, 5.41) is 0. The van der Waals surface area contributed by atoms with Crippen LogP contribution in [0.25, 0.3) is 0 Å². The van der Waals surface area contributed by atoms with Crippen molar-refractivity contribution in [1.82, 2.24) is 0 Å². The lowest BCUT2D eigenvalue weighted by Crippen LogP contribution is -2.23. The van der Waals surface area contributed by atoms with Gasteiger partial charge in [-0.15, -0.1) is 0 Å². The molecule has 1 rings (SSSR count). The highest BCUT2D eigenvalue weighted by Gasteiger charge is 2.38. The predicted octanol–water partition coefficient (Wildman–Crippen LogP) is 1.55. The van der Waals surface area contributed by atoms with Crippen LogP contribution < -0.4 is 0 Å². The maximum atomic E-state index is 11.6. The van der Waals surface area contributed by atoms with E-state index in [-0.39, 0.29) is 17.7 Å². The minimum atomic E-state index is -0.471. The maximum absolute atomic E-state index is 11.6. The number of ether oxygens (including phenoxy) is 1. The summed E-state index contributed by atoms with van der Waals surface area (Å²) in [5.74, 6) is -0.632. The summed E-state index contributed by atoms with van der Waals surface area (Å²) in [7, 11) is 1.34. The van der Waals surface area contributed by atoms with E-state index in [1.54, 1.807) is 0 Å². The maximum Gasteiger partial charge on any atom is 0.316 e. The molecule has 0 amide bonds. The van der Waals surface area contributed by atoms with E-state index in [1.165, 1.54) is 7.11 Å². The van der Waals surface area contributed by atoms with Gasteiger partial charge in [-0.25, -0.2) is 0 Å². The van der Waals surface area contributed by atoms with Crippen molar-refractivity contribution < 1.29 is 14.3 Å². The van der Waals surface area contributed by atoms with Gasteiger partial charge in [0, 0.05) is 5.92 Å². The number of carbonyl (C=O) groups excluding carboxylic acids is 2. The van der Waals surface area contributed by atoms with Crippen molar-refractivity contribution in [3.8, 4) is 0 Å². The molecule has 3 heteroatoms. The second-order valence-corrected chi connectivity index (χ2v) is 3.54. The fourth-order valence-corrected chi connectivity index (χ4v) is 1.95. The van der Waals surface area contributed by atoms with E-state index in [9.17, 15) is 9.59 Å². The molecular weight excluding hydrogens is 168 g/mol. The van der Waals surface area contributed by atoms with Crippen LogP contribution in [-0.2, 0) is 14.3 Å². The summed E-state index contributed by atoms with van der Waals surface area (Å²) < 4.78 is 4.57. The van der Waals surface area contributed by atoms with Crippen LogP contribution in [0.5, 0.6) is 0 Å². The van der Waals surface area contributed by atoms with Gasteiger partial charge in [-0.05, 0) is 19.3 Å². The molecule has 1 aliphatic carbocycles. The van der Waals surface area contributed by atoms with Gasteiger partial charge in [-0.2, -0.15) is 0 Å². The summed E-state index contributed by atoms with van der Waals surface area (Å²) in [6, 6.07) is 0. The van der Waals surface area contributed by atoms with Gasteiger partial charge in [0.1, 0.15) is 11.7 Å². The Kier molecular flexibility index (Phi) is 3.46.